The molecule has 0 radical (unpaired) electrons. The molecule has 0 atom stereocenters. The summed E-state index contributed by atoms with van der Waals surface area (Å²) in [6.07, 6.45) is 0.886. The lowest BCUT2D eigenvalue weighted by Crippen LogP contribution is -2.22. The zero-order valence-electron chi connectivity index (χ0n) is 18.7. The van der Waals surface area contributed by atoms with Gasteiger partial charge in [0.2, 0.25) is 15.8 Å². The van der Waals surface area contributed by atoms with Crippen molar-refractivity contribution in [1.82, 2.24) is 28.7 Å². The summed E-state index contributed by atoms with van der Waals surface area (Å²) in [5.74, 6) is 1.66. The van der Waals surface area contributed by atoms with Crippen LogP contribution in [0.25, 0.3) is 27.7 Å². The van der Waals surface area contributed by atoms with Crippen molar-refractivity contribution >= 4 is 49.5 Å². The molecular weight excluding hydrogens is 474 g/mol. The van der Waals surface area contributed by atoms with Gasteiger partial charge in [0.05, 0.1) is 32.6 Å². The maximum absolute atomic E-state index is 12.9. The molecule has 0 aliphatic rings. The van der Waals surface area contributed by atoms with E-state index in [0.29, 0.717) is 34.8 Å². The first-order valence-electron chi connectivity index (χ1n) is 10.8. The molecule has 0 saturated heterocycles. The summed E-state index contributed by atoms with van der Waals surface area (Å²) in [5, 5.41) is 15.3. The van der Waals surface area contributed by atoms with Gasteiger partial charge < -0.3 is 4.57 Å². The van der Waals surface area contributed by atoms with Crippen LogP contribution < -0.4 is 10.7 Å². The van der Waals surface area contributed by atoms with Crippen LogP contribution in [-0.4, -0.2) is 37.1 Å². The molecule has 12 heteroatoms. The summed E-state index contributed by atoms with van der Waals surface area (Å²) in [4.78, 5) is 17.6. The number of rotatable bonds is 7. The van der Waals surface area contributed by atoms with E-state index < -0.39 is 10.0 Å². The number of para-hydroxylation sites is 1. The van der Waals surface area contributed by atoms with Crippen LogP contribution in [0.15, 0.2) is 57.3 Å². The number of fused-ring (bicyclic) bond motifs is 4. The summed E-state index contributed by atoms with van der Waals surface area (Å²) in [7, 11) is -3.82. The Hall–Kier alpha value is -3.22. The monoisotopic (exact) mass is 497 g/mol. The van der Waals surface area contributed by atoms with Gasteiger partial charge in [-0.2, -0.15) is 0 Å². The van der Waals surface area contributed by atoms with Crippen molar-refractivity contribution in [3.8, 4) is 0 Å². The number of hydrogen-bond acceptors (Lipinski definition) is 7. The Morgan fingerprint density at radius 1 is 1.03 bits per heavy atom. The number of sulfonamides is 1. The van der Waals surface area contributed by atoms with Crippen molar-refractivity contribution in [1.29, 1.82) is 0 Å². The molecule has 5 rings (SSSR count). The fraction of sp³-hybridized carbons (Fsp3) is 0.273. The minimum absolute atomic E-state index is 0.0326. The molecule has 2 aromatic carbocycles. The van der Waals surface area contributed by atoms with Crippen LogP contribution in [0.1, 0.15) is 26.1 Å². The largest absolute Gasteiger partial charge is 0.319 e. The molecule has 10 nitrogen and oxygen atoms in total. The van der Waals surface area contributed by atoms with E-state index in [1.54, 1.807) is 10.6 Å². The van der Waals surface area contributed by atoms with E-state index in [1.807, 2.05) is 35.6 Å². The topological polar surface area (TPSA) is 130 Å². The predicted octanol–water partition coefficient (Wildman–Crippen LogP) is 2.76. The summed E-state index contributed by atoms with van der Waals surface area (Å²) in [6, 6.07) is 12.2. The molecule has 34 heavy (non-hydrogen) atoms. The fourth-order valence-corrected chi connectivity index (χ4v) is 5.62. The SMILES string of the molecule is CCCn1c(SCc2nnc3n(CC)c(=O)c4ccccc4n23)nc2cc(S(N)(=O)=O)ccc21. The van der Waals surface area contributed by atoms with Crippen molar-refractivity contribution in [2.24, 2.45) is 5.14 Å². The van der Waals surface area contributed by atoms with Gasteiger partial charge in [0, 0.05) is 13.1 Å². The highest BCUT2D eigenvalue weighted by Gasteiger charge is 2.18. The van der Waals surface area contributed by atoms with E-state index in [1.165, 1.54) is 23.9 Å². The molecule has 2 N–H and O–H groups in total. The highest BCUT2D eigenvalue weighted by molar-refractivity contribution is 7.98. The Kier molecular flexibility index (Phi) is 5.66. The van der Waals surface area contributed by atoms with E-state index in [9.17, 15) is 13.2 Å². The van der Waals surface area contributed by atoms with Gasteiger partial charge in [0.25, 0.3) is 5.56 Å². The lowest BCUT2D eigenvalue weighted by atomic mass is 10.2. The second kappa shape index (κ2) is 8.53. The van der Waals surface area contributed by atoms with Crippen molar-refractivity contribution in [3.63, 3.8) is 0 Å². The van der Waals surface area contributed by atoms with Gasteiger partial charge in [0.1, 0.15) is 5.82 Å². The number of nitrogens with zero attached hydrogens (tertiary/aromatic N) is 6. The molecule has 0 aliphatic heterocycles. The van der Waals surface area contributed by atoms with Crippen molar-refractivity contribution < 1.29 is 8.42 Å². The third-order valence-electron chi connectivity index (χ3n) is 5.68. The first kappa shape index (κ1) is 22.6. The summed E-state index contributed by atoms with van der Waals surface area (Å²) in [6.45, 7) is 5.19. The lowest BCUT2D eigenvalue weighted by molar-refractivity contribution is 0.598. The number of benzene rings is 2. The second-order valence-corrected chi connectivity index (χ2v) is 10.4. The van der Waals surface area contributed by atoms with E-state index in [2.05, 4.69) is 26.7 Å². The lowest BCUT2D eigenvalue weighted by Gasteiger charge is -2.10. The number of primary sulfonamides is 1. The van der Waals surface area contributed by atoms with Gasteiger partial charge in [-0.25, -0.2) is 18.5 Å². The minimum Gasteiger partial charge on any atom is -0.319 e. The number of imidazole rings is 1. The van der Waals surface area contributed by atoms with Crippen LogP contribution in [0.5, 0.6) is 0 Å². The van der Waals surface area contributed by atoms with Gasteiger partial charge in [-0.3, -0.25) is 13.8 Å². The van der Waals surface area contributed by atoms with Crippen LogP contribution >= 0.6 is 11.8 Å². The van der Waals surface area contributed by atoms with Crippen LogP contribution in [0.4, 0.5) is 0 Å². The molecule has 0 amide bonds. The Labute approximate surface area is 199 Å². The van der Waals surface area contributed by atoms with Gasteiger partial charge >= 0.3 is 0 Å². The molecule has 3 aromatic heterocycles. The van der Waals surface area contributed by atoms with Crippen LogP contribution in [0.3, 0.4) is 0 Å². The molecule has 0 fully saturated rings. The molecule has 0 aliphatic carbocycles. The molecule has 0 spiro atoms. The Balaban J connectivity index is 1.60. The van der Waals surface area contributed by atoms with Gasteiger partial charge in [0.15, 0.2) is 5.16 Å². The van der Waals surface area contributed by atoms with Crippen molar-refractivity contribution in [3.05, 3.63) is 58.6 Å². The third kappa shape index (κ3) is 3.67. The summed E-state index contributed by atoms with van der Waals surface area (Å²) in [5.41, 5.74) is 2.08. The maximum Gasteiger partial charge on any atom is 0.262 e. The summed E-state index contributed by atoms with van der Waals surface area (Å²) < 4.78 is 29.2. The van der Waals surface area contributed by atoms with Gasteiger partial charge in [-0.05, 0) is 43.7 Å². The molecule has 176 valence electrons. The maximum atomic E-state index is 12.9. The van der Waals surface area contributed by atoms with Crippen LogP contribution in [-0.2, 0) is 28.9 Å². The summed E-state index contributed by atoms with van der Waals surface area (Å²) >= 11 is 1.49. The van der Waals surface area contributed by atoms with E-state index >= 15 is 0 Å². The van der Waals surface area contributed by atoms with Crippen LogP contribution in [0, 0.1) is 0 Å². The zero-order valence-corrected chi connectivity index (χ0v) is 20.3. The van der Waals surface area contributed by atoms with E-state index in [0.717, 1.165) is 29.2 Å². The third-order valence-corrected chi connectivity index (χ3v) is 7.57. The van der Waals surface area contributed by atoms with Gasteiger partial charge in [-0.15, -0.1) is 10.2 Å². The number of aryl methyl sites for hydroxylation is 2. The number of aromatic nitrogens is 6. The zero-order chi connectivity index (χ0) is 24.0. The van der Waals surface area contributed by atoms with Gasteiger partial charge in [-0.1, -0.05) is 30.8 Å². The predicted molar refractivity (Wildman–Crippen MR) is 131 cm³/mol. The number of nitrogens with two attached hydrogens (primary N) is 1. The highest BCUT2D eigenvalue weighted by Crippen LogP contribution is 2.29. The Morgan fingerprint density at radius 3 is 2.56 bits per heavy atom. The second-order valence-electron chi connectivity index (χ2n) is 7.85. The smallest absolute Gasteiger partial charge is 0.262 e. The Bertz CT molecular complexity index is 1720. The van der Waals surface area contributed by atoms with E-state index in [-0.39, 0.29) is 10.5 Å². The Morgan fingerprint density at radius 2 is 1.82 bits per heavy atom. The molecule has 0 unspecified atom stereocenters. The molecular formula is C22H23N7O3S2. The average Bonchev–Trinajstić information content (AvgIpc) is 3.39. The molecule has 0 bridgehead atoms. The van der Waals surface area contributed by atoms with E-state index in [4.69, 9.17) is 5.14 Å². The van der Waals surface area contributed by atoms with Crippen molar-refractivity contribution in [2.75, 3.05) is 0 Å². The first-order chi connectivity index (χ1) is 16.3. The molecule has 0 saturated carbocycles. The van der Waals surface area contributed by atoms with Crippen LogP contribution in [0.2, 0.25) is 0 Å². The highest BCUT2D eigenvalue weighted by atomic mass is 32.2. The first-order valence-corrected chi connectivity index (χ1v) is 13.4. The normalized spacial score (nSPS) is 12.3. The average molecular weight is 498 g/mol. The number of hydrogen-bond donors (Lipinski definition) is 1. The van der Waals surface area contributed by atoms with Crippen molar-refractivity contribution in [2.45, 2.75) is 49.2 Å². The fourth-order valence-electron chi connectivity index (χ4n) is 4.14. The quantitative estimate of drug-likeness (QED) is 0.342. The molecule has 5 aromatic rings. The minimum atomic E-state index is -3.82. The molecule has 3 heterocycles. The standard InChI is InChI=1S/C22H23N7O3S2/c1-3-11-28-18-10-9-14(34(23,31)32)12-16(18)24-22(28)33-13-19-25-26-21-27(4-2)20(30)15-7-5-6-8-17(15)29(19)21/h5-10,12H,3-4,11,13H2,1-2H3,(H2,23,31,32). The number of thioether (sulfide) groups is 1.